The number of nitrogens with zero attached hydrogens (tertiary/aromatic N) is 2. The van der Waals surface area contributed by atoms with E-state index in [-0.39, 0.29) is 13.1 Å². The number of sulfonamides is 1. The number of β-amino-alcohol motifs (C(OH)–C–C–N with tert-alkyl or cyclic N) is 1. The average Bonchev–Trinajstić information content (AvgIpc) is 2.71. The van der Waals surface area contributed by atoms with Gasteiger partial charge >= 0.3 is 0 Å². The van der Waals surface area contributed by atoms with E-state index >= 15 is 0 Å². The number of hydrogen-bond acceptors (Lipinski definition) is 8. The first-order chi connectivity index (χ1) is 14.2. The molecular formula is C20H33N3O6S. The molecule has 30 heavy (non-hydrogen) atoms. The van der Waals surface area contributed by atoms with Crippen LogP contribution in [0.1, 0.15) is 12.0 Å². The number of hydrogen-bond donors (Lipinski definition) is 3. The van der Waals surface area contributed by atoms with Crippen molar-refractivity contribution in [2.75, 3.05) is 65.3 Å². The standard InChI is InChI=1S/C20H33N3O6S/c1-30(26,27)21-16-20(25)6-7-23(15-19(20)24)14-17-2-4-18(5-3-17)29-13-10-22-8-11-28-12-9-22/h2-5,19,21,24-25H,6-16H2,1H3/t19-,20-/m1/s1. The zero-order valence-corrected chi connectivity index (χ0v) is 18.3. The van der Waals surface area contributed by atoms with Crippen molar-refractivity contribution in [2.45, 2.75) is 24.7 Å². The molecule has 0 aromatic heterocycles. The van der Waals surface area contributed by atoms with Gasteiger partial charge in [-0.3, -0.25) is 9.80 Å². The smallest absolute Gasteiger partial charge is 0.208 e. The van der Waals surface area contributed by atoms with Gasteiger partial charge in [0.05, 0.1) is 25.6 Å². The Morgan fingerprint density at radius 3 is 2.53 bits per heavy atom. The largest absolute Gasteiger partial charge is 0.492 e. The van der Waals surface area contributed by atoms with Gasteiger partial charge in [0.25, 0.3) is 0 Å². The number of aliphatic hydroxyl groups is 2. The second-order valence-electron chi connectivity index (χ2n) is 8.14. The van der Waals surface area contributed by atoms with Gasteiger partial charge in [0.2, 0.25) is 10.0 Å². The molecule has 0 saturated carbocycles. The molecule has 3 N–H and O–H groups in total. The van der Waals surface area contributed by atoms with Crippen molar-refractivity contribution in [1.29, 1.82) is 0 Å². The van der Waals surface area contributed by atoms with E-state index in [1.165, 1.54) is 0 Å². The van der Waals surface area contributed by atoms with E-state index in [0.717, 1.165) is 50.4 Å². The summed E-state index contributed by atoms with van der Waals surface area (Å²) in [6.07, 6.45) is 0.302. The van der Waals surface area contributed by atoms with Crippen molar-refractivity contribution in [3.05, 3.63) is 29.8 Å². The van der Waals surface area contributed by atoms with Gasteiger partial charge in [-0.1, -0.05) is 12.1 Å². The summed E-state index contributed by atoms with van der Waals surface area (Å²) < 4.78 is 36.0. The molecular weight excluding hydrogens is 410 g/mol. The second kappa shape index (κ2) is 10.4. The number of piperidine rings is 1. The Hall–Kier alpha value is -1.27. The van der Waals surface area contributed by atoms with E-state index in [1.807, 2.05) is 29.2 Å². The van der Waals surface area contributed by atoms with Crippen LogP contribution in [0.25, 0.3) is 0 Å². The lowest BCUT2D eigenvalue weighted by molar-refractivity contribution is -0.115. The van der Waals surface area contributed by atoms with Crippen LogP contribution in [0.4, 0.5) is 0 Å². The van der Waals surface area contributed by atoms with E-state index in [0.29, 0.717) is 26.1 Å². The summed E-state index contributed by atoms with van der Waals surface area (Å²) in [6, 6.07) is 7.90. The minimum atomic E-state index is -3.42. The molecule has 2 saturated heterocycles. The van der Waals surface area contributed by atoms with Gasteiger partial charge in [0, 0.05) is 45.8 Å². The highest BCUT2D eigenvalue weighted by Gasteiger charge is 2.40. The third-order valence-corrected chi connectivity index (χ3v) is 6.33. The van der Waals surface area contributed by atoms with Crippen molar-refractivity contribution in [2.24, 2.45) is 0 Å². The maximum Gasteiger partial charge on any atom is 0.208 e. The predicted octanol–water partition coefficient (Wildman–Crippen LogP) is -0.755. The second-order valence-corrected chi connectivity index (χ2v) is 9.98. The fourth-order valence-electron chi connectivity index (χ4n) is 3.70. The highest BCUT2D eigenvalue weighted by molar-refractivity contribution is 7.88. The normalized spacial score (nSPS) is 26.6. The molecule has 170 valence electrons. The monoisotopic (exact) mass is 443 g/mol. The quantitative estimate of drug-likeness (QED) is 0.457. The fraction of sp³-hybridized carbons (Fsp3) is 0.700. The van der Waals surface area contributed by atoms with Gasteiger partial charge in [-0.05, 0) is 24.1 Å². The maximum atomic E-state index is 11.3. The molecule has 0 aliphatic carbocycles. The number of likely N-dealkylation sites (tertiary alicyclic amines) is 1. The molecule has 0 amide bonds. The lowest BCUT2D eigenvalue weighted by atomic mass is 9.88. The molecule has 0 bridgehead atoms. The van der Waals surface area contributed by atoms with Crippen molar-refractivity contribution in [3.63, 3.8) is 0 Å². The van der Waals surface area contributed by atoms with E-state index in [4.69, 9.17) is 9.47 Å². The number of benzene rings is 1. The van der Waals surface area contributed by atoms with Gasteiger partial charge in [-0.2, -0.15) is 0 Å². The molecule has 2 heterocycles. The zero-order valence-electron chi connectivity index (χ0n) is 17.5. The number of rotatable bonds is 9. The molecule has 2 aliphatic rings. The van der Waals surface area contributed by atoms with Gasteiger partial charge in [-0.15, -0.1) is 0 Å². The fourth-order valence-corrected chi connectivity index (χ4v) is 4.21. The van der Waals surface area contributed by atoms with E-state index in [1.54, 1.807) is 0 Å². The Balaban J connectivity index is 1.42. The van der Waals surface area contributed by atoms with Crippen LogP contribution in [-0.2, 0) is 21.3 Å². The molecule has 9 nitrogen and oxygen atoms in total. The van der Waals surface area contributed by atoms with Crippen molar-refractivity contribution < 1.29 is 28.1 Å². The molecule has 2 fully saturated rings. The van der Waals surface area contributed by atoms with Crippen molar-refractivity contribution in [3.8, 4) is 5.75 Å². The topological polar surface area (TPSA) is 112 Å². The molecule has 10 heteroatoms. The first-order valence-electron chi connectivity index (χ1n) is 10.3. The average molecular weight is 444 g/mol. The Kier molecular flexibility index (Phi) is 8.08. The number of aliphatic hydroxyl groups excluding tert-OH is 1. The summed E-state index contributed by atoms with van der Waals surface area (Å²) in [5, 5.41) is 20.9. The summed E-state index contributed by atoms with van der Waals surface area (Å²) >= 11 is 0. The molecule has 1 aromatic rings. The summed E-state index contributed by atoms with van der Waals surface area (Å²) in [4.78, 5) is 4.38. The molecule has 3 rings (SSSR count). The molecule has 1 aromatic carbocycles. The molecule has 0 radical (unpaired) electrons. The first kappa shape index (κ1) is 23.4. The molecule has 0 spiro atoms. The van der Waals surface area contributed by atoms with Gasteiger partial charge in [-0.25, -0.2) is 13.1 Å². The van der Waals surface area contributed by atoms with Crippen LogP contribution in [0.2, 0.25) is 0 Å². The third kappa shape index (κ3) is 7.16. The van der Waals surface area contributed by atoms with Gasteiger partial charge in [0.15, 0.2) is 0 Å². The van der Waals surface area contributed by atoms with E-state index < -0.39 is 21.7 Å². The minimum absolute atomic E-state index is 0.183. The summed E-state index contributed by atoms with van der Waals surface area (Å²) in [6.45, 7) is 6.28. The Morgan fingerprint density at radius 2 is 1.90 bits per heavy atom. The maximum absolute atomic E-state index is 11.3. The molecule has 2 atom stereocenters. The highest BCUT2D eigenvalue weighted by atomic mass is 32.2. The van der Waals surface area contributed by atoms with Crippen molar-refractivity contribution in [1.82, 2.24) is 14.5 Å². The lowest BCUT2D eigenvalue weighted by Gasteiger charge is -2.42. The van der Waals surface area contributed by atoms with Crippen LogP contribution in [0.3, 0.4) is 0 Å². The number of ether oxygens (including phenoxy) is 2. The number of morpholine rings is 1. The van der Waals surface area contributed by atoms with E-state index in [9.17, 15) is 18.6 Å². The molecule has 2 aliphatic heterocycles. The summed E-state index contributed by atoms with van der Waals surface area (Å²) in [7, 11) is -3.42. The van der Waals surface area contributed by atoms with Crippen LogP contribution >= 0.6 is 0 Å². The van der Waals surface area contributed by atoms with E-state index in [2.05, 4.69) is 9.62 Å². The Labute approximate surface area is 178 Å². The SMILES string of the molecule is CS(=O)(=O)NC[C@]1(O)CCN(Cc2ccc(OCCN3CCOCC3)cc2)C[C@H]1O. The predicted molar refractivity (Wildman–Crippen MR) is 113 cm³/mol. The van der Waals surface area contributed by atoms with Crippen LogP contribution in [0.15, 0.2) is 24.3 Å². The molecule has 0 unspecified atom stereocenters. The Bertz CT molecular complexity index is 769. The Morgan fingerprint density at radius 1 is 1.20 bits per heavy atom. The highest BCUT2D eigenvalue weighted by Crippen LogP contribution is 2.24. The van der Waals surface area contributed by atoms with Crippen LogP contribution in [-0.4, -0.2) is 105 Å². The third-order valence-electron chi connectivity index (χ3n) is 5.66. The first-order valence-corrected chi connectivity index (χ1v) is 12.2. The number of nitrogens with one attached hydrogen (secondary N) is 1. The van der Waals surface area contributed by atoms with Crippen molar-refractivity contribution >= 4 is 10.0 Å². The van der Waals surface area contributed by atoms with Crippen LogP contribution in [0.5, 0.6) is 5.75 Å². The van der Waals surface area contributed by atoms with Crippen LogP contribution < -0.4 is 9.46 Å². The minimum Gasteiger partial charge on any atom is -0.492 e. The summed E-state index contributed by atoms with van der Waals surface area (Å²) in [5.74, 6) is 0.826. The van der Waals surface area contributed by atoms with Crippen LogP contribution in [0, 0.1) is 0 Å². The van der Waals surface area contributed by atoms with Gasteiger partial charge < -0.3 is 19.7 Å². The summed E-state index contributed by atoms with van der Waals surface area (Å²) in [5.41, 5.74) is -0.361. The lowest BCUT2D eigenvalue weighted by Crippen LogP contribution is -2.59. The van der Waals surface area contributed by atoms with Gasteiger partial charge in [0.1, 0.15) is 18.0 Å². The zero-order chi connectivity index (χ0) is 21.6.